The van der Waals surface area contributed by atoms with Crippen molar-refractivity contribution in [2.45, 2.75) is 32.6 Å². The lowest BCUT2D eigenvalue weighted by Gasteiger charge is -2.23. The molecule has 0 bridgehead atoms. The van der Waals surface area contributed by atoms with Gasteiger partial charge in [-0.25, -0.2) is 0 Å². The summed E-state index contributed by atoms with van der Waals surface area (Å²) in [5.41, 5.74) is 0.517. The van der Waals surface area contributed by atoms with Crippen LogP contribution in [0.5, 0.6) is 0 Å². The van der Waals surface area contributed by atoms with Crippen LogP contribution in [0.15, 0.2) is 36.5 Å². The van der Waals surface area contributed by atoms with Crippen LogP contribution in [0.2, 0.25) is 0 Å². The van der Waals surface area contributed by atoms with Crippen molar-refractivity contribution in [3.63, 3.8) is 0 Å². The number of carbonyl (C=O) groups excluding carboxylic acids is 2. The van der Waals surface area contributed by atoms with E-state index in [9.17, 15) is 9.59 Å². The topological polar surface area (TPSA) is 62.3 Å². The fourth-order valence-corrected chi connectivity index (χ4v) is 2.97. The molecule has 1 N–H and O–H groups in total. The van der Waals surface area contributed by atoms with Gasteiger partial charge in [0.15, 0.2) is 0 Å². The smallest absolute Gasteiger partial charge is 0.240 e. The summed E-state index contributed by atoms with van der Waals surface area (Å²) in [6.07, 6.45) is 4.92. The van der Waals surface area contributed by atoms with Gasteiger partial charge in [0.1, 0.15) is 5.41 Å². The molecule has 5 nitrogen and oxygen atoms in total. The van der Waals surface area contributed by atoms with Crippen LogP contribution in [-0.2, 0) is 9.59 Å². The highest BCUT2D eigenvalue weighted by Crippen LogP contribution is 2.48. The highest BCUT2D eigenvalue weighted by molar-refractivity contribution is 6.14. The van der Waals surface area contributed by atoms with E-state index < -0.39 is 5.41 Å². The second-order valence-corrected chi connectivity index (χ2v) is 6.50. The summed E-state index contributed by atoms with van der Waals surface area (Å²) < 4.78 is 0. The molecule has 2 aromatic rings. The maximum absolute atomic E-state index is 12.8. The number of rotatable bonds is 6. The molecule has 1 aromatic carbocycles. The summed E-state index contributed by atoms with van der Waals surface area (Å²) in [5, 5.41) is 3.90. The Bertz CT molecular complexity index is 763. The minimum absolute atomic E-state index is 0.0679. The molecule has 5 heteroatoms. The van der Waals surface area contributed by atoms with Crippen molar-refractivity contribution >= 4 is 28.4 Å². The summed E-state index contributed by atoms with van der Waals surface area (Å²) in [7, 11) is 1.78. The minimum Gasteiger partial charge on any atom is -0.345 e. The van der Waals surface area contributed by atoms with Crippen molar-refractivity contribution in [1.29, 1.82) is 0 Å². The molecular formula is C19H23N3O2. The zero-order chi connectivity index (χ0) is 17.2. The van der Waals surface area contributed by atoms with Crippen molar-refractivity contribution in [1.82, 2.24) is 9.88 Å². The third-order valence-electron chi connectivity index (χ3n) is 4.67. The highest BCUT2D eigenvalue weighted by atomic mass is 16.2. The van der Waals surface area contributed by atoms with Gasteiger partial charge >= 0.3 is 0 Å². The molecule has 1 saturated carbocycles. The summed E-state index contributed by atoms with van der Waals surface area (Å²) in [4.78, 5) is 31.5. The van der Waals surface area contributed by atoms with Gasteiger partial charge in [0, 0.05) is 25.2 Å². The van der Waals surface area contributed by atoms with Crippen molar-refractivity contribution in [2.75, 3.05) is 18.9 Å². The predicted octanol–water partition coefficient (Wildman–Crippen LogP) is 3.21. The fraction of sp³-hybridized carbons (Fsp3) is 0.421. The number of amides is 2. The molecule has 3 rings (SSSR count). The van der Waals surface area contributed by atoms with Gasteiger partial charge in [-0.2, -0.15) is 0 Å². The Labute approximate surface area is 142 Å². The van der Waals surface area contributed by atoms with Crippen LogP contribution < -0.4 is 5.32 Å². The van der Waals surface area contributed by atoms with E-state index in [1.807, 2.05) is 30.3 Å². The largest absolute Gasteiger partial charge is 0.345 e. The van der Waals surface area contributed by atoms with Crippen LogP contribution in [0.3, 0.4) is 0 Å². The Morgan fingerprint density at radius 1 is 1.25 bits per heavy atom. The number of pyridine rings is 1. The van der Waals surface area contributed by atoms with Crippen LogP contribution in [0.4, 0.5) is 5.69 Å². The third kappa shape index (κ3) is 2.98. The third-order valence-corrected chi connectivity index (χ3v) is 4.67. The van der Waals surface area contributed by atoms with Crippen LogP contribution >= 0.6 is 0 Å². The summed E-state index contributed by atoms with van der Waals surface area (Å²) in [6, 6.07) is 9.48. The van der Waals surface area contributed by atoms with Crippen molar-refractivity contribution in [2.24, 2.45) is 5.41 Å². The Kier molecular flexibility index (Phi) is 4.51. The average Bonchev–Trinajstić information content (AvgIpc) is 3.41. The first-order chi connectivity index (χ1) is 11.6. The molecule has 24 heavy (non-hydrogen) atoms. The molecule has 1 fully saturated rings. The average molecular weight is 325 g/mol. The molecule has 126 valence electrons. The quantitative estimate of drug-likeness (QED) is 0.830. The molecule has 0 radical (unpaired) electrons. The zero-order valence-corrected chi connectivity index (χ0v) is 14.2. The van der Waals surface area contributed by atoms with Crippen molar-refractivity contribution in [3.05, 3.63) is 36.5 Å². The first-order valence-corrected chi connectivity index (χ1v) is 8.49. The van der Waals surface area contributed by atoms with Gasteiger partial charge in [-0.15, -0.1) is 0 Å². The van der Waals surface area contributed by atoms with Gasteiger partial charge in [-0.3, -0.25) is 14.6 Å². The van der Waals surface area contributed by atoms with E-state index in [4.69, 9.17) is 0 Å². The number of hydrogen-bond acceptors (Lipinski definition) is 3. The normalized spacial score (nSPS) is 15.1. The number of unbranched alkanes of at least 4 members (excludes halogenated alkanes) is 1. The zero-order valence-electron chi connectivity index (χ0n) is 14.2. The lowest BCUT2D eigenvalue weighted by Crippen LogP contribution is -2.41. The molecule has 0 spiro atoms. The van der Waals surface area contributed by atoms with Crippen molar-refractivity contribution in [3.8, 4) is 0 Å². The van der Waals surface area contributed by atoms with E-state index in [0.29, 0.717) is 25.1 Å². The van der Waals surface area contributed by atoms with E-state index in [0.717, 1.165) is 23.7 Å². The van der Waals surface area contributed by atoms with E-state index in [1.54, 1.807) is 18.1 Å². The molecule has 0 unspecified atom stereocenters. The summed E-state index contributed by atoms with van der Waals surface area (Å²) in [5.74, 6) is -0.282. The number of para-hydroxylation sites is 1. The molecule has 2 amide bonds. The fourth-order valence-electron chi connectivity index (χ4n) is 2.97. The Morgan fingerprint density at radius 2 is 2.00 bits per heavy atom. The number of carbonyl (C=O) groups is 2. The maximum atomic E-state index is 12.8. The van der Waals surface area contributed by atoms with Crippen LogP contribution in [0.25, 0.3) is 10.9 Å². The molecule has 1 heterocycles. The molecule has 0 atom stereocenters. The van der Waals surface area contributed by atoms with Gasteiger partial charge in [-0.1, -0.05) is 31.5 Å². The van der Waals surface area contributed by atoms with Crippen LogP contribution in [-0.4, -0.2) is 35.3 Å². The lowest BCUT2D eigenvalue weighted by molar-refractivity contribution is -0.141. The SMILES string of the molecule is CCCCN(C)C(=O)C1(C(=O)Nc2cccc3cccnc23)CC1. The first-order valence-electron chi connectivity index (χ1n) is 8.49. The van der Waals surface area contributed by atoms with E-state index >= 15 is 0 Å². The highest BCUT2D eigenvalue weighted by Gasteiger charge is 2.57. The molecule has 0 aliphatic heterocycles. The lowest BCUT2D eigenvalue weighted by atomic mass is 10.0. The number of nitrogens with one attached hydrogen (secondary N) is 1. The standard InChI is InChI=1S/C19H23N3O2/c1-3-4-13-22(2)18(24)19(10-11-19)17(23)21-15-9-5-7-14-8-6-12-20-16(14)15/h5-9,12H,3-4,10-11,13H2,1-2H3,(H,21,23). The number of nitrogens with zero attached hydrogens (tertiary/aromatic N) is 2. The summed E-state index contributed by atoms with van der Waals surface area (Å²) >= 11 is 0. The maximum Gasteiger partial charge on any atom is 0.240 e. The predicted molar refractivity (Wildman–Crippen MR) is 94.6 cm³/mol. The molecule has 1 aliphatic rings. The summed E-state index contributed by atoms with van der Waals surface area (Å²) in [6.45, 7) is 2.78. The molecule has 1 aromatic heterocycles. The Hall–Kier alpha value is -2.43. The van der Waals surface area contributed by atoms with Gasteiger partial charge in [-0.05, 0) is 31.4 Å². The number of benzene rings is 1. The van der Waals surface area contributed by atoms with Gasteiger partial charge < -0.3 is 10.2 Å². The second kappa shape index (κ2) is 6.59. The number of hydrogen-bond donors (Lipinski definition) is 1. The van der Waals surface area contributed by atoms with E-state index in [2.05, 4.69) is 17.2 Å². The van der Waals surface area contributed by atoms with Gasteiger partial charge in [0.05, 0.1) is 11.2 Å². The second-order valence-electron chi connectivity index (χ2n) is 6.50. The van der Waals surface area contributed by atoms with Crippen LogP contribution in [0.1, 0.15) is 32.6 Å². The minimum atomic E-state index is -0.889. The molecular weight excluding hydrogens is 302 g/mol. The molecule has 1 aliphatic carbocycles. The monoisotopic (exact) mass is 325 g/mol. The number of anilines is 1. The first kappa shape index (κ1) is 16.4. The van der Waals surface area contributed by atoms with E-state index in [1.165, 1.54) is 0 Å². The number of aromatic nitrogens is 1. The molecule has 0 saturated heterocycles. The van der Waals surface area contributed by atoms with Gasteiger partial charge in [0.2, 0.25) is 11.8 Å². The number of fused-ring (bicyclic) bond motifs is 1. The Balaban J connectivity index is 1.78. The van der Waals surface area contributed by atoms with Crippen molar-refractivity contribution < 1.29 is 9.59 Å². The Morgan fingerprint density at radius 3 is 2.71 bits per heavy atom. The van der Waals surface area contributed by atoms with Gasteiger partial charge in [0.25, 0.3) is 0 Å². The van der Waals surface area contributed by atoms with Crippen LogP contribution in [0, 0.1) is 5.41 Å². The van der Waals surface area contributed by atoms with E-state index in [-0.39, 0.29) is 11.8 Å².